The van der Waals surface area contributed by atoms with Gasteiger partial charge in [-0.3, -0.25) is 4.99 Å². The van der Waals surface area contributed by atoms with Gasteiger partial charge in [-0.25, -0.2) is 0 Å². The van der Waals surface area contributed by atoms with Crippen LogP contribution in [0.15, 0.2) is 29.3 Å². The maximum absolute atomic E-state index is 12.6. The first-order valence-electron chi connectivity index (χ1n) is 7.71. The van der Waals surface area contributed by atoms with Crippen molar-refractivity contribution in [2.24, 2.45) is 4.99 Å². The minimum atomic E-state index is -4.36. The minimum absolute atomic E-state index is 0. The molecule has 144 valence electrons. The van der Waals surface area contributed by atoms with E-state index in [1.165, 1.54) is 12.1 Å². The van der Waals surface area contributed by atoms with Gasteiger partial charge in [0.05, 0.1) is 12.1 Å². The zero-order valence-electron chi connectivity index (χ0n) is 14.4. The van der Waals surface area contributed by atoms with Crippen LogP contribution in [-0.2, 0) is 6.18 Å². The molecule has 0 aliphatic heterocycles. The third-order valence-corrected chi connectivity index (χ3v) is 3.81. The molecule has 9 heteroatoms. The van der Waals surface area contributed by atoms with Crippen LogP contribution in [0.1, 0.15) is 18.4 Å². The summed E-state index contributed by atoms with van der Waals surface area (Å²) in [5, 5.41) is 6.24. The molecule has 0 heterocycles. The molecule has 0 saturated heterocycles. The monoisotopic (exact) mass is 491 g/mol. The smallest absolute Gasteiger partial charge is 0.416 e. The van der Waals surface area contributed by atoms with Crippen molar-refractivity contribution in [2.75, 3.05) is 38.8 Å². The average molecular weight is 491 g/mol. The van der Waals surface area contributed by atoms with E-state index in [0.29, 0.717) is 12.5 Å². The van der Waals surface area contributed by atoms with Crippen LogP contribution in [-0.4, -0.2) is 44.7 Å². The summed E-state index contributed by atoms with van der Waals surface area (Å²) in [6.45, 7) is 1.52. The molecular weight excluding hydrogens is 466 g/mol. The molecule has 0 radical (unpaired) electrons. The Labute approximate surface area is 168 Å². The molecule has 1 rings (SSSR count). The molecule has 0 fully saturated rings. The molecule has 0 unspecified atom stereocenters. The van der Waals surface area contributed by atoms with Gasteiger partial charge in [0, 0.05) is 13.6 Å². The van der Waals surface area contributed by atoms with Gasteiger partial charge in [0.2, 0.25) is 0 Å². The van der Waals surface area contributed by atoms with Crippen LogP contribution in [0, 0.1) is 0 Å². The van der Waals surface area contributed by atoms with Crippen LogP contribution in [0.3, 0.4) is 0 Å². The van der Waals surface area contributed by atoms with E-state index in [9.17, 15) is 13.2 Å². The summed E-state index contributed by atoms with van der Waals surface area (Å²) < 4.78 is 43.2. The molecule has 0 bridgehead atoms. The molecular formula is C16H25F3IN3OS. The van der Waals surface area contributed by atoms with Gasteiger partial charge in [-0.15, -0.1) is 24.0 Å². The molecule has 0 aliphatic carbocycles. The standard InChI is InChI=1S/C16H24F3N3OS.HI/c1-20-15(21-8-3-4-11-24-2)22-9-10-23-14-7-5-6-13(12-14)16(17,18)19;/h5-7,12H,3-4,8-11H2,1-2H3,(H2,20,21,22);1H. The Balaban J connectivity index is 0.00000576. The predicted molar refractivity (Wildman–Crippen MR) is 109 cm³/mol. The van der Waals surface area contributed by atoms with E-state index in [4.69, 9.17) is 4.74 Å². The first-order valence-corrected chi connectivity index (χ1v) is 9.10. The summed E-state index contributed by atoms with van der Waals surface area (Å²) in [4.78, 5) is 4.08. The van der Waals surface area contributed by atoms with E-state index in [-0.39, 0.29) is 36.3 Å². The highest BCUT2D eigenvalue weighted by molar-refractivity contribution is 14.0. The van der Waals surface area contributed by atoms with Crippen molar-refractivity contribution in [3.05, 3.63) is 29.8 Å². The number of aliphatic imine (C=N–C) groups is 1. The third kappa shape index (κ3) is 10.7. The second kappa shape index (κ2) is 13.4. The van der Waals surface area contributed by atoms with Crippen molar-refractivity contribution in [1.29, 1.82) is 0 Å². The highest BCUT2D eigenvalue weighted by Crippen LogP contribution is 2.31. The number of thioether (sulfide) groups is 1. The Kier molecular flexibility index (Phi) is 12.9. The second-order valence-corrected chi connectivity index (χ2v) is 5.99. The summed E-state index contributed by atoms with van der Waals surface area (Å²) in [7, 11) is 1.67. The first-order chi connectivity index (χ1) is 11.5. The molecule has 4 nitrogen and oxygen atoms in total. The molecule has 1 aromatic carbocycles. The fourth-order valence-electron chi connectivity index (χ4n) is 1.90. The van der Waals surface area contributed by atoms with E-state index in [2.05, 4.69) is 21.9 Å². The van der Waals surface area contributed by atoms with E-state index in [1.54, 1.807) is 7.05 Å². The number of unbranched alkanes of at least 4 members (excludes halogenated alkanes) is 1. The summed E-state index contributed by atoms with van der Waals surface area (Å²) >= 11 is 1.82. The van der Waals surface area contributed by atoms with E-state index < -0.39 is 11.7 Å². The second-order valence-electron chi connectivity index (χ2n) is 5.00. The number of hydrogen-bond acceptors (Lipinski definition) is 3. The number of benzene rings is 1. The van der Waals surface area contributed by atoms with E-state index in [0.717, 1.165) is 37.3 Å². The highest BCUT2D eigenvalue weighted by atomic mass is 127. The van der Waals surface area contributed by atoms with Crippen molar-refractivity contribution in [2.45, 2.75) is 19.0 Å². The summed E-state index contributed by atoms with van der Waals surface area (Å²) in [6.07, 6.45) is -0.0791. The normalized spacial score (nSPS) is 11.6. The number of guanidine groups is 1. The van der Waals surface area contributed by atoms with E-state index in [1.807, 2.05) is 11.8 Å². The molecule has 1 aromatic rings. The van der Waals surface area contributed by atoms with Gasteiger partial charge in [0.25, 0.3) is 0 Å². The molecule has 25 heavy (non-hydrogen) atoms. The lowest BCUT2D eigenvalue weighted by Crippen LogP contribution is -2.39. The molecule has 0 aliphatic rings. The molecule has 0 saturated carbocycles. The lowest BCUT2D eigenvalue weighted by molar-refractivity contribution is -0.137. The number of nitrogens with zero attached hydrogens (tertiary/aromatic N) is 1. The van der Waals surface area contributed by atoms with Gasteiger partial charge in [-0.1, -0.05) is 6.07 Å². The van der Waals surface area contributed by atoms with Gasteiger partial charge < -0.3 is 15.4 Å². The molecule has 0 spiro atoms. The van der Waals surface area contributed by atoms with Crippen molar-refractivity contribution in [3.8, 4) is 5.75 Å². The van der Waals surface area contributed by atoms with Crippen LogP contribution in [0.2, 0.25) is 0 Å². The van der Waals surface area contributed by atoms with Crippen LogP contribution in [0.25, 0.3) is 0 Å². The van der Waals surface area contributed by atoms with E-state index >= 15 is 0 Å². The van der Waals surface area contributed by atoms with Crippen LogP contribution in [0.5, 0.6) is 5.75 Å². The van der Waals surface area contributed by atoms with Crippen molar-refractivity contribution in [3.63, 3.8) is 0 Å². The van der Waals surface area contributed by atoms with Crippen molar-refractivity contribution < 1.29 is 17.9 Å². The topological polar surface area (TPSA) is 45.7 Å². The largest absolute Gasteiger partial charge is 0.492 e. The van der Waals surface area contributed by atoms with Gasteiger partial charge in [-0.2, -0.15) is 24.9 Å². The summed E-state index contributed by atoms with van der Waals surface area (Å²) in [6, 6.07) is 4.86. The van der Waals surface area contributed by atoms with Gasteiger partial charge >= 0.3 is 6.18 Å². The predicted octanol–water partition coefficient (Wildman–Crippen LogP) is 4.01. The number of rotatable bonds is 9. The first kappa shape index (κ1) is 24.2. The number of hydrogen-bond donors (Lipinski definition) is 2. The minimum Gasteiger partial charge on any atom is -0.492 e. The Morgan fingerprint density at radius 2 is 1.92 bits per heavy atom. The maximum Gasteiger partial charge on any atom is 0.416 e. The Morgan fingerprint density at radius 3 is 2.56 bits per heavy atom. The van der Waals surface area contributed by atoms with Gasteiger partial charge in [0.15, 0.2) is 5.96 Å². The van der Waals surface area contributed by atoms with Crippen LogP contribution in [0.4, 0.5) is 13.2 Å². The Bertz CT molecular complexity index is 516. The maximum atomic E-state index is 12.6. The molecule has 2 N–H and O–H groups in total. The number of nitrogens with one attached hydrogen (secondary N) is 2. The zero-order chi connectivity index (χ0) is 17.8. The summed E-state index contributed by atoms with van der Waals surface area (Å²) in [5.41, 5.74) is -0.712. The number of alkyl halides is 3. The Morgan fingerprint density at radius 1 is 1.20 bits per heavy atom. The molecule has 0 aromatic heterocycles. The van der Waals surface area contributed by atoms with Gasteiger partial charge in [0.1, 0.15) is 12.4 Å². The lowest BCUT2D eigenvalue weighted by Gasteiger charge is -2.13. The quantitative estimate of drug-likeness (QED) is 0.237. The zero-order valence-corrected chi connectivity index (χ0v) is 17.5. The van der Waals surface area contributed by atoms with Crippen LogP contribution < -0.4 is 15.4 Å². The van der Waals surface area contributed by atoms with Crippen molar-refractivity contribution >= 4 is 41.7 Å². The number of halogens is 4. The number of ether oxygens (including phenoxy) is 1. The molecule has 0 amide bonds. The fraction of sp³-hybridized carbons (Fsp3) is 0.562. The third-order valence-electron chi connectivity index (χ3n) is 3.12. The average Bonchev–Trinajstić information content (AvgIpc) is 2.56. The molecule has 0 atom stereocenters. The fourth-order valence-corrected chi connectivity index (χ4v) is 2.39. The van der Waals surface area contributed by atoms with Crippen LogP contribution >= 0.6 is 35.7 Å². The highest BCUT2D eigenvalue weighted by Gasteiger charge is 2.30. The van der Waals surface area contributed by atoms with Gasteiger partial charge in [-0.05, 0) is 43.0 Å². The lowest BCUT2D eigenvalue weighted by atomic mass is 10.2. The SMILES string of the molecule is CN=C(NCCCCSC)NCCOc1cccc(C(F)(F)F)c1.I. The Hall–Kier alpha value is -0.840. The van der Waals surface area contributed by atoms with Crippen molar-refractivity contribution in [1.82, 2.24) is 10.6 Å². The summed E-state index contributed by atoms with van der Waals surface area (Å²) in [5.74, 6) is 2.00.